The number of amides is 1. The van der Waals surface area contributed by atoms with Crippen molar-refractivity contribution in [2.24, 2.45) is 0 Å². The molecule has 7 nitrogen and oxygen atoms in total. The van der Waals surface area contributed by atoms with Gasteiger partial charge in [0.05, 0.1) is 21.3 Å². The predicted octanol–water partition coefficient (Wildman–Crippen LogP) is 3.83. The highest BCUT2D eigenvalue weighted by atomic mass is 79.9. The molecule has 1 aromatic heterocycles. The number of fused-ring (bicyclic) bond motifs is 1. The molecule has 140 valence electrons. The molecular formula is C19H16BrNO6. The van der Waals surface area contributed by atoms with Crippen molar-refractivity contribution in [3.63, 3.8) is 0 Å². The van der Waals surface area contributed by atoms with Gasteiger partial charge in [0.15, 0.2) is 22.8 Å². The van der Waals surface area contributed by atoms with Crippen molar-refractivity contribution in [3.05, 3.63) is 56.9 Å². The fraction of sp³-hybridized carbons (Fsp3) is 0.158. The lowest BCUT2D eigenvalue weighted by Gasteiger charge is -2.11. The maximum Gasteiger partial charge on any atom is 0.349 e. The Kier molecular flexibility index (Phi) is 5.36. The molecule has 0 aliphatic heterocycles. The van der Waals surface area contributed by atoms with E-state index in [1.165, 1.54) is 27.4 Å². The summed E-state index contributed by atoms with van der Waals surface area (Å²) < 4.78 is 21.6. The van der Waals surface area contributed by atoms with Gasteiger partial charge in [-0.05, 0) is 30.3 Å². The highest BCUT2D eigenvalue weighted by Crippen LogP contribution is 2.31. The molecular weight excluding hydrogens is 418 g/mol. The van der Waals surface area contributed by atoms with Crippen LogP contribution in [0.4, 0.5) is 5.69 Å². The normalized spacial score (nSPS) is 10.5. The van der Waals surface area contributed by atoms with Crippen LogP contribution in [0.2, 0.25) is 0 Å². The van der Waals surface area contributed by atoms with E-state index >= 15 is 0 Å². The van der Waals surface area contributed by atoms with Gasteiger partial charge in [-0.1, -0.05) is 15.9 Å². The Labute approximate surface area is 163 Å². The van der Waals surface area contributed by atoms with Gasteiger partial charge in [0.25, 0.3) is 5.91 Å². The Hall–Kier alpha value is -3.00. The molecule has 0 unspecified atom stereocenters. The average Bonchev–Trinajstić information content (AvgIpc) is 2.66. The molecule has 1 heterocycles. The number of benzene rings is 2. The van der Waals surface area contributed by atoms with Crippen LogP contribution in [-0.2, 0) is 0 Å². The standard InChI is InChI=1S/C19H16BrNO6/c1-24-14-5-4-12(9-15(14)25-2)21-18(22)13-7-10-6-11(20)8-16(26-3)17(10)27-19(13)23/h4-9H,1-3H3,(H,21,22). The van der Waals surface area contributed by atoms with Crippen LogP contribution in [0.1, 0.15) is 10.4 Å². The van der Waals surface area contributed by atoms with Crippen molar-refractivity contribution < 1.29 is 23.4 Å². The minimum absolute atomic E-state index is 0.127. The van der Waals surface area contributed by atoms with Gasteiger partial charge in [-0.2, -0.15) is 0 Å². The summed E-state index contributed by atoms with van der Waals surface area (Å²) in [6.45, 7) is 0. The molecule has 0 saturated heterocycles. The van der Waals surface area contributed by atoms with Gasteiger partial charge in [0.1, 0.15) is 5.56 Å². The molecule has 1 amide bonds. The smallest absolute Gasteiger partial charge is 0.349 e. The van der Waals surface area contributed by atoms with Gasteiger partial charge in [-0.3, -0.25) is 4.79 Å². The van der Waals surface area contributed by atoms with Crippen LogP contribution in [0.5, 0.6) is 17.2 Å². The molecule has 0 aliphatic carbocycles. The predicted molar refractivity (Wildman–Crippen MR) is 104 cm³/mol. The van der Waals surface area contributed by atoms with Crippen molar-refractivity contribution in [2.45, 2.75) is 0 Å². The quantitative estimate of drug-likeness (QED) is 0.615. The zero-order valence-corrected chi connectivity index (χ0v) is 16.4. The Morgan fingerprint density at radius 2 is 1.67 bits per heavy atom. The number of hydrogen-bond donors (Lipinski definition) is 1. The van der Waals surface area contributed by atoms with Crippen LogP contribution < -0.4 is 25.2 Å². The number of carbonyl (C=O) groups excluding carboxylic acids is 1. The van der Waals surface area contributed by atoms with Crippen LogP contribution >= 0.6 is 15.9 Å². The average molecular weight is 434 g/mol. The second kappa shape index (κ2) is 7.71. The van der Waals surface area contributed by atoms with Crippen molar-refractivity contribution in [1.29, 1.82) is 0 Å². The molecule has 0 radical (unpaired) electrons. The summed E-state index contributed by atoms with van der Waals surface area (Å²) in [7, 11) is 4.48. The van der Waals surface area contributed by atoms with Crippen LogP contribution in [0.3, 0.4) is 0 Å². The van der Waals surface area contributed by atoms with Gasteiger partial charge < -0.3 is 23.9 Å². The number of hydrogen-bond acceptors (Lipinski definition) is 6. The van der Waals surface area contributed by atoms with Crippen LogP contribution in [0.25, 0.3) is 11.0 Å². The number of methoxy groups -OCH3 is 3. The number of halogens is 1. The van der Waals surface area contributed by atoms with Gasteiger partial charge in [0, 0.05) is 21.6 Å². The lowest BCUT2D eigenvalue weighted by molar-refractivity contribution is 0.102. The highest BCUT2D eigenvalue weighted by Gasteiger charge is 2.17. The Balaban J connectivity index is 1.99. The fourth-order valence-electron chi connectivity index (χ4n) is 2.59. The molecule has 0 aliphatic rings. The Morgan fingerprint density at radius 1 is 0.963 bits per heavy atom. The lowest BCUT2D eigenvalue weighted by Crippen LogP contribution is -2.20. The third-order valence-corrected chi connectivity index (χ3v) is 4.33. The molecule has 0 spiro atoms. The summed E-state index contributed by atoms with van der Waals surface area (Å²) in [5.41, 5.74) is -0.170. The van der Waals surface area contributed by atoms with E-state index in [0.29, 0.717) is 28.3 Å². The van der Waals surface area contributed by atoms with E-state index in [-0.39, 0.29) is 11.1 Å². The van der Waals surface area contributed by atoms with E-state index in [0.717, 1.165) is 4.47 Å². The zero-order valence-electron chi connectivity index (χ0n) is 14.8. The van der Waals surface area contributed by atoms with E-state index in [1.807, 2.05) is 0 Å². The van der Waals surface area contributed by atoms with Gasteiger partial charge in [0.2, 0.25) is 0 Å². The van der Waals surface area contributed by atoms with Crippen molar-refractivity contribution in [1.82, 2.24) is 0 Å². The summed E-state index contributed by atoms with van der Waals surface area (Å²) in [5.74, 6) is 0.771. The Bertz CT molecular complexity index is 1080. The molecule has 0 bridgehead atoms. The fourth-order valence-corrected chi connectivity index (χ4v) is 3.04. The largest absolute Gasteiger partial charge is 0.493 e. The highest BCUT2D eigenvalue weighted by molar-refractivity contribution is 9.10. The summed E-state index contributed by atoms with van der Waals surface area (Å²) in [6, 6.07) is 9.76. The van der Waals surface area contributed by atoms with Crippen molar-refractivity contribution >= 4 is 38.5 Å². The van der Waals surface area contributed by atoms with E-state index in [9.17, 15) is 9.59 Å². The molecule has 27 heavy (non-hydrogen) atoms. The van der Waals surface area contributed by atoms with Crippen molar-refractivity contribution in [2.75, 3.05) is 26.6 Å². The van der Waals surface area contributed by atoms with E-state index in [4.69, 9.17) is 18.6 Å². The summed E-state index contributed by atoms with van der Waals surface area (Å²) in [4.78, 5) is 24.9. The monoisotopic (exact) mass is 433 g/mol. The maximum absolute atomic E-state index is 12.6. The van der Waals surface area contributed by atoms with Gasteiger partial charge in [-0.15, -0.1) is 0 Å². The number of anilines is 1. The van der Waals surface area contributed by atoms with Gasteiger partial charge >= 0.3 is 5.63 Å². The minimum atomic E-state index is -0.763. The zero-order chi connectivity index (χ0) is 19.6. The first-order chi connectivity index (χ1) is 13.0. The van der Waals surface area contributed by atoms with E-state index in [1.54, 1.807) is 30.3 Å². The first-order valence-electron chi connectivity index (χ1n) is 7.81. The molecule has 3 aromatic rings. The summed E-state index contributed by atoms with van der Waals surface area (Å²) >= 11 is 3.36. The third kappa shape index (κ3) is 3.75. The van der Waals surface area contributed by atoms with E-state index in [2.05, 4.69) is 21.2 Å². The summed E-state index contributed by atoms with van der Waals surface area (Å²) in [6.07, 6.45) is 0. The van der Waals surface area contributed by atoms with Crippen molar-refractivity contribution in [3.8, 4) is 17.2 Å². The second-order valence-electron chi connectivity index (χ2n) is 5.50. The number of carbonyl (C=O) groups is 1. The second-order valence-corrected chi connectivity index (χ2v) is 6.41. The molecule has 0 saturated carbocycles. The first-order valence-corrected chi connectivity index (χ1v) is 8.61. The van der Waals surface area contributed by atoms with Crippen LogP contribution in [0, 0.1) is 0 Å². The summed E-state index contributed by atoms with van der Waals surface area (Å²) in [5, 5.41) is 3.21. The number of nitrogens with one attached hydrogen (secondary N) is 1. The first kappa shape index (κ1) is 18.8. The maximum atomic E-state index is 12.6. The molecule has 8 heteroatoms. The molecule has 1 N–H and O–H groups in total. The molecule has 3 rings (SSSR count). The molecule has 0 atom stereocenters. The number of rotatable bonds is 5. The minimum Gasteiger partial charge on any atom is -0.493 e. The lowest BCUT2D eigenvalue weighted by atomic mass is 10.1. The molecule has 0 fully saturated rings. The number of ether oxygens (including phenoxy) is 3. The third-order valence-electron chi connectivity index (χ3n) is 3.87. The Morgan fingerprint density at radius 3 is 2.33 bits per heavy atom. The van der Waals surface area contributed by atoms with Crippen LogP contribution in [0.15, 0.2) is 50.1 Å². The van der Waals surface area contributed by atoms with Gasteiger partial charge in [-0.25, -0.2) is 4.79 Å². The van der Waals surface area contributed by atoms with E-state index < -0.39 is 11.5 Å². The SMILES string of the molecule is COc1ccc(NC(=O)c2cc3cc(Br)cc(OC)c3oc2=O)cc1OC. The molecule has 2 aromatic carbocycles. The van der Waals surface area contributed by atoms with Crippen LogP contribution in [-0.4, -0.2) is 27.2 Å². The topological polar surface area (TPSA) is 87.0 Å².